The number of carbonyl (C=O) groups excluding carboxylic acids is 2. The first-order chi connectivity index (χ1) is 9.51. The van der Waals surface area contributed by atoms with E-state index in [2.05, 4.69) is 5.32 Å². The summed E-state index contributed by atoms with van der Waals surface area (Å²) >= 11 is 0. The van der Waals surface area contributed by atoms with E-state index in [4.69, 9.17) is 5.73 Å². The lowest BCUT2D eigenvalue weighted by molar-refractivity contribution is -0.136. The number of carbonyl (C=O) groups is 2. The molecule has 0 bridgehead atoms. The van der Waals surface area contributed by atoms with Crippen LogP contribution >= 0.6 is 0 Å². The fourth-order valence-electron chi connectivity index (χ4n) is 1.99. The molecule has 1 aromatic carbocycles. The molecule has 1 aromatic rings. The molecule has 0 fully saturated rings. The van der Waals surface area contributed by atoms with E-state index in [0.29, 0.717) is 13.1 Å². The summed E-state index contributed by atoms with van der Waals surface area (Å²) in [5.74, 6) is -0.437. The van der Waals surface area contributed by atoms with Gasteiger partial charge in [-0.2, -0.15) is 0 Å². The van der Waals surface area contributed by atoms with Crippen LogP contribution in [0.1, 0.15) is 32.4 Å². The Morgan fingerprint density at radius 3 is 2.25 bits per heavy atom. The molecular weight excluding hydrogens is 254 g/mol. The van der Waals surface area contributed by atoms with Crippen molar-refractivity contribution in [3.63, 3.8) is 0 Å². The Labute approximate surface area is 120 Å². The van der Waals surface area contributed by atoms with Crippen molar-refractivity contribution in [1.29, 1.82) is 0 Å². The van der Waals surface area contributed by atoms with Crippen LogP contribution in [0.3, 0.4) is 0 Å². The van der Waals surface area contributed by atoms with Gasteiger partial charge < -0.3 is 16.0 Å². The maximum absolute atomic E-state index is 12.1. The van der Waals surface area contributed by atoms with E-state index in [0.717, 1.165) is 5.56 Å². The number of nitrogens with one attached hydrogen (secondary N) is 1. The molecule has 0 aliphatic rings. The molecule has 0 heterocycles. The SMILES string of the molecule is CCN(CC)C(=O)C(C)NC(=O)[C@H](N)c1ccccc1. The van der Waals surface area contributed by atoms with Crippen molar-refractivity contribution in [3.05, 3.63) is 35.9 Å². The predicted octanol–water partition coefficient (Wildman–Crippen LogP) is 1.06. The van der Waals surface area contributed by atoms with Gasteiger partial charge in [-0.25, -0.2) is 0 Å². The predicted molar refractivity (Wildman–Crippen MR) is 78.9 cm³/mol. The summed E-state index contributed by atoms with van der Waals surface area (Å²) in [4.78, 5) is 25.8. The van der Waals surface area contributed by atoms with E-state index in [1.165, 1.54) is 0 Å². The van der Waals surface area contributed by atoms with Crippen LogP contribution in [0.25, 0.3) is 0 Å². The van der Waals surface area contributed by atoms with Crippen LogP contribution in [-0.2, 0) is 9.59 Å². The zero-order chi connectivity index (χ0) is 15.1. The van der Waals surface area contributed by atoms with Crippen LogP contribution in [0.4, 0.5) is 0 Å². The van der Waals surface area contributed by atoms with Crippen LogP contribution in [0, 0.1) is 0 Å². The van der Waals surface area contributed by atoms with Gasteiger partial charge in [-0.1, -0.05) is 30.3 Å². The molecule has 20 heavy (non-hydrogen) atoms. The maximum atomic E-state index is 12.1. The number of amides is 2. The summed E-state index contributed by atoms with van der Waals surface area (Å²) in [6, 6.07) is 7.77. The van der Waals surface area contributed by atoms with Crippen molar-refractivity contribution in [1.82, 2.24) is 10.2 Å². The first-order valence-corrected chi connectivity index (χ1v) is 6.90. The molecule has 0 aliphatic carbocycles. The van der Waals surface area contributed by atoms with Gasteiger partial charge in [0.05, 0.1) is 0 Å². The first-order valence-electron chi connectivity index (χ1n) is 6.90. The highest BCUT2D eigenvalue weighted by Gasteiger charge is 2.23. The van der Waals surface area contributed by atoms with E-state index >= 15 is 0 Å². The van der Waals surface area contributed by atoms with Crippen molar-refractivity contribution in [2.24, 2.45) is 5.73 Å². The summed E-state index contributed by atoms with van der Waals surface area (Å²) < 4.78 is 0. The Morgan fingerprint density at radius 1 is 1.20 bits per heavy atom. The van der Waals surface area contributed by atoms with E-state index < -0.39 is 12.1 Å². The lowest BCUT2D eigenvalue weighted by atomic mass is 10.1. The highest BCUT2D eigenvalue weighted by molar-refractivity contribution is 5.90. The molecule has 3 N–H and O–H groups in total. The van der Waals surface area contributed by atoms with Crippen LogP contribution in [0.2, 0.25) is 0 Å². The second-order valence-electron chi connectivity index (χ2n) is 4.63. The molecule has 0 spiro atoms. The van der Waals surface area contributed by atoms with Crippen molar-refractivity contribution in [2.75, 3.05) is 13.1 Å². The van der Waals surface area contributed by atoms with Crippen molar-refractivity contribution >= 4 is 11.8 Å². The minimum Gasteiger partial charge on any atom is -0.343 e. The summed E-state index contributed by atoms with van der Waals surface area (Å²) in [6.45, 7) is 6.74. The Morgan fingerprint density at radius 2 is 1.75 bits per heavy atom. The van der Waals surface area contributed by atoms with Gasteiger partial charge in [-0.05, 0) is 26.3 Å². The largest absolute Gasteiger partial charge is 0.343 e. The molecule has 0 saturated carbocycles. The molecule has 0 aliphatic heterocycles. The lowest BCUT2D eigenvalue weighted by Gasteiger charge is -2.24. The van der Waals surface area contributed by atoms with Crippen molar-refractivity contribution in [3.8, 4) is 0 Å². The number of rotatable bonds is 6. The smallest absolute Gasteiger partial charge is 0.244 e. The van der Waals surface area contributed by atoms with Crippen LogP contribution in [-0.4, -0.2) is 35.8 Å². The monoisotopic (exact) mass is 277 g/mol. The molecule has 5 nitrogen and oxygen atoms in total. The molecular formula is C15H23N3O2. The highest BCUT2D eigenvalue weighted by Crippen LogP contribution is 2.09. The summed E-state index contributed by atoms with van der Waals surface area (Å²) in [5, 5.41) is 2.67. The summed E-state index contributed by atoms with van der Waals surface area (Å²) in [5.41, 5.74) is 6.62. The maximum Gasteiger partial charge on any atom is 0.244 e. The second-order valence-corrected chi connectivity index (χ2v) is 4.63. The van der Waals surface area contributed by atoms with Gasteiger partial charge in [0, 0.05) is 13.1 Å². The number of nitrogens with zero attached hydrogens (tertiary/aromatic N) is 1. The number of likely N-dealkylation sites (N-methyl/N-ethyl adjacent to an activating group) is 1. The quantitative estimate of drug-likeness (QED) is 0.816. The molecule has 1 rings (SSSR count). The van der Waals surface area contributed by atoms with Crippen molar-refractivity contribution in [2.45, 2.75) is 32.9 Å². The Bertz CT molecular complexity index is 444. The van der Waals surface area contributed by atoms with Gasteiger partial charge >= 0.3 is 0 Å². The third-order valence-corrected chi connectivity index (χ3v) is 3.25. The summed E-state index contributed by atoms with van der Waals surface area (Å²) in [7, 11) is 0. The standard InChI is InChI=1S/C15H23N3O2/c1-4-18(5-2)15(20)11(3)17-14(19)13(16)12-9-7-6-8-10-12/h6-11,13H,4-5,16H2,1-3H3,(H,17,19)/t11?,13-/m1/s1. The number of hydrogen-bond donors (Lipinski definition) is 2. The minimum atomic E-state index is -0.761. The van der Waals surface area contributed by atoms with Gasteiger partial charge in [0.25, 0.3) is 0 Å². The molecule has 2 atom stereocenters. The zero-order valence-electron chi connectivity index (χ0n) is 12.3. The Kier molecular flexibility index (Phi) is 6.18. The third-order valence-electron chi connectivity index (χ3n) is 3.25. The van der Waals surface area contributed by atoms with Gasteiger partial charge in [0.15, 0.2) is 0 Å². The van der Waals surface area contributed by atoms with Gasteiger partial charge in [-0.3, -0.25) is 9.59 Å². The van der Waals surface area contributed by atoms with E-state index in [-0.39, 0.29) is 11.8 Å². The molecule has 0 aromatic heterocycles. The lowest BCUT2D eigenvalue weighted by Crippen LogP contribution is -2.49. The van der Waals surface area contributed by atoms with Gasteiger partial charge in [0.1, 0.15) is 12.1 Å². The van der Waals surface area contributed by atoms with Gasteiger partial charge in [0.2, 0.25) is 11.8 Å². The van der Waals surface area contributed by atoms with Crippen LogP contribution < -0.4 is 11.1 Å². The number of nitrogens with two attached hydrogens (primary N) is 1. The number of hydrogen-bond acceptors (Lipinski definition) is 3. The molecule has 5 heteroatoms. The fraction of sp³-hybridized carbons (Fsp3) is 0.467. The first kappa shape index (κ1) is 16.2. The Balaban J connectivity index is 2.64. The topological polar surface area (TPSA) is 75.4 Å². The normalized spacial score (nSPS) is 13.4. The van der Waals surface area contributed by atoms with E-state index in [1.807, 2.05) is 32.0 Å². The van der Waals surface area contributed by atoms with Crippen LogP contribution in [0.15, 0.2) is 30.3 Å². The second kappa shape index (κ2) is 7.65. The highest BCUT2D eigenvalue weighted by atomic mass is 16.2. The molecule has 110 valence electrons. The fourth-order valence-corrected chi connectivity index (χ4v) is 1.99. The van der Waals surface area contributed by atoms with E-state index in [9.17, 15) is 9.59 Å². The van der Waals surface area contributed by atoms with Crippen LogP contribution in [0.5, 0.6) is 0 Å². The average Bonchev–Trinajstić information content (AvgIpc) is 2.48. The third kappa shape index (κ3) is 4.06. The van der Waals surface area contributed by atoms with E-state index in [1.54, 1.807) is 24.0 Å². The molecule has 0 radical (unpaired) electrons. The van der Waals surface area contributed by atoms with Gasteiger partial charge in [-0.15, -0.1) is 0 Å². The average molecular weight is 277 g/mol. The van der Waals surface area contributed by atoms with Crippen molar-refractivity contribution < 1.29 is 9.59 Å². The molecule has 0 saturated heterocycles. The molecule has 2 amide bonds. The zero-order valence-corrected chi connectivity index (χ0v) is 12.3. The molecule has 1 unspecified atom stereocenters. The number of benzene rings is 1. The Hall–Kier alpha value is -1.88. The summed E-state index contributed by atoms with van der Waals surface area (Å²) in [6.07, 6.45) is 0. The minimum absolute atomic E-state index is 0.0939.